The van der Waals surface area contributed by atoms with Crippen LogP contribution in [0, 0.1) is 10.1 Å². The molecule has 0 fully saturated rings. The van der Waals surface area contributed by atoms with E-state index in [0.29, 0.717) is 22.5 Å². The molecule has 1 amide bonds. The van der Waals surface area contributed by atoms with Crippen molar-refractivity contribution in [2.45, 2.75) is 25.3 Å². The Morgan fingerprint density at radius 1 is 1.22 bits per heavy atom. The van der Waals surface area contributed by atoms with Crippen LogP contribution in [0.4, 0.5) is 11.4 Å². The SMILES string of the molecule is CS(=O)(=O)Nc1cccc(C2=NN(C(=O)CCC(=O)O)[C@@H](c3cccc([N+](=O)[O-])c3)C2)c1. The number of nitro benzene ring substituents is 1. The second-order valence-electron chi connectivity index (χ2n) is 7.21. The van der Waals surface area contributed by atoms with Crippen molar-refractivity contribution in [3.63, 3.8) is 0 Å². The topological polar surface area (TPSA) is 159 Å². The highest BCUT2D eigenvalue weighted by Crippen LogP contribution is 2.35. The lowest BCUT2D eigenvalue weighted by Crippen LogP contribution is -2.27. The minimum atomic E-state index is -3.50. The van der Waals surface area contributed by atoms with Crippen LogP contribution in [-0.4, -0.2) is 47.3 Å². The number of nitrogens with one attached hydrogen (secondary N) is 1. The summed E-state index contributed by atoms with van der Waals surface area (Å²) in [6, 6.07) is 11.6. The number of rotatable bonds is 8. The first-order valence-electron chi connectivity index (χ1n) is 9.47. The van der Waals surface area contributed by atoms with Gasteiger partial charge in [-0.3, -0.25) is 24.4 Å². The fourth-order valence-corrected chi connectivity index (χ4v) is 3.88. The van der Waals surface area contributed by atoms with E-state index in [1.165, 1.54) is 18.2 Å². The average Bonchev–Trinajstić information content (AvgIpc) is 3.16. The number of nitro groups is 1. The Morgan fingerprint density at radius 3 is 2.59 bits per heavy atom. The van der Waals surface area contributed by atoms with Crippen LogP contribution in [0.5, 0.6) is 0 Å². The van der Waals surface area contributed by atoms with E-state index in [0.717, 1.165) is 11.3 Å². The summed E-state index contributed by atoms with van der Waals surface area (Å²) >= 11 is 0. The van der Waals surface area contributed by atoms with Crippen LogP contribution in [0.1, 0.15) is 36.4 Å². The summed E-state index contributed by atoms with van der Waals surface area (Å²) in [4.78, 5) is 34.2. The molecule has 0 unspecified atom stereocenters. The van der Waals surface area contributed by atoms with Gasteiger partial charge in [0.05, 0.1) is 29.4 Å². The van der Waals surface area contributed by atoms with Crippen molar-refractivity contribution in [1.29, 1.82) is 0 Å². The van der Waals surface area contributed by atoms with Gasteiger partial charge in [-0.05, 0) is 23.3 Å². The van der Waals surface area contributed by atoms with E-state index in [9.17, 15) is 28.1 Å². The van der Waals surface area contributed by atoms with E-state index in [-0.39, 0.29) is 24.9 Å². The molecule has 1 aliphatic rings. The van der Waals surface area contributed by atoms with Crippen LogP contribution >= 0.6 is 0 Å². The van der Waals surface area contributed by atoms with Crippen LogP contribution in [0.3, 0.4) is 0 Å². The van der Waals surface area contributed by atoms with Gasteiger partial charge in [0, 0.05) is 30.7 Å². The van der Waals surface area contributed by atoms with Crippen LogP contribution in [-0.2, 0) is 19.6 Å². The Balaban J connectivity index is 1.96. The summed E-state index contributed by atoms with van der Waals surface area (Å²) in [5.41, 5.74) is 1.67. The second-order valence-corrected chi connectivity index (χ2v) is 8.95. The van der Waals surface area contributed by atoms with Crippen molar-refractivity contribution >= 4 is 39.0 Å². The minimum absolute atomic E-state index is 0.145. The molecule has 3 rings (SSSR count). The first-order chi connectivity index (χ1) is 15.0. The van der Waals surface area contributed by atoms with E-state index >= 15 is 0 Å². The fraction of sp³-hybridized carbons (Fsp3) is 0.250. The fourth-order valence-electron chi connectivity index (χ4n) is 3.32. The van der Waals surface area contributed by atoms with Gasteiger partial charge in [0.15, 0.2) is 0 Å². The molecule has 0 saturated heterocycles. The Morgan fingerprint density at radius 2 is 1.94 bits per heavy atom. The number of carboxylic acids is 1. The van der Waals surface area contributed by atoms with E-state index in [1.54, 1.807) is 30.3 Å². The highest BCUT2D eigenvalue weighted by molar-refractivity contribution is 7.92. The van der Waals surface area contributed by atoms with Crippen molar-refractivity contribution < 1.29 is 28.0 Å². The zero-order valence-electron chi connectivity index (χ0n) is 17.0. The molecule has 2 N–H and O–H groups in total. The summed E-state index contributed by atoms with van der Waals surface area (Å²) in [5.74, 6) is -1.67. The highest BCUT2D eigenvalue weighted by atomic mass is 32.2. The Bertz CT molecular complexity index is 1210. The third kappa shape index (κ3) is 5.66. The smallest absolute Gasteiger partial charge is 0.303 e. The maximum atomic E-state index is 12.7. The average molecular weight is 460 g/mol. The number of benzene rings is 2. The van der Waals surface area contributed by atoms with Crippen LogP contribution < -0.4 is 4.72 Å². The number of non-ortho nitro benzene ring substituents is 1. The highest BCUT2D eigenvalue weighted by Gasteiger charge is 2.34. The van der Waals surface area contributed by atoms with Gasteiger partial charge in [0.2, 0.25) is 15.9 Å². The van der Waals surface area contributed by atoms with Crippen molar-refractivity contribution in [1.82, 2.24) is 5.01 Å². The van der Waals surface area contributed by atoms with Gasteiger partial charge < -0.3 is 5.11 Å². The number of anilines is 1. The molecule has 12 heteroatoms. The number of nitrogens with zero attached hydrogens (tertiary/aromatic N) is 3. The molecular weight excluding hydrogens is 440 g/mol. The summed E-state index contributed by atoms with van der Waals surface area (Å²) < 4.78 is 25.4. The maximum Gasteiger partial charge on any atom is 0.303 e. The van der Waals surface area contributed by atoms with E-state index in [1.807, 2.05) is 0 Å². The Hall–Kier alpha value is -3.80. The van der Waals surface area contributed by atoms with Crippen molar-refractivity contribution in [3.8, 4) is 0 Å². The summed E-state index contributed by atoms with van der Waals surface area (Å²) in [6.07, 6.45) is 0.569. The zero-order valence-corrected chi connectivity index (χ0v) is 17.8. The molecule has 1 aliphatic heterocycles. The number of sulfonamides is 1. The van der Waals surface area contributed by atoms with Gasteiger partial charge in [-0.25, -0.2) is 13.4 Å². The number of hydrazone groups is 1. The predicted molar refractivity (Wildman–Crippen MR) is 116 cm³/mol. The second kappa shape index (κ2) is 9.14. The number of carbonyl (C=O) groups is 2. The van der Waals surface area contributed by atoms with Gasteiger partial charge >= 0.3 is 5.97 Å². The molecule has 0 bridgehead atoms. The van der Waals surface area contributed by atoms with E-state index in [2.05, 4.69) is 9.82 Å². The van der Waals surface area contributed by atoms with Crippen LogP contribution in [0.15, 0.2) is 53.6 Å². The molecule has 0 aromatic heterocycles. The van der Waals surface area contributed by atoms with Gasteiger partial charge in [-0.2, -0.15) is 5.10 Å². The molecule has 0 aliphatic carbocycles. The Kier molecular flexibility index (Phi) is 6.53. The van der Waals surface area contributed by atoms with Gasteiger partial charge in [0.25, 0.3) is 5.69 Å². The molecule has 0 saturated carbocycles. The van der Waals surface area contributed by atoms with E-state index in [4.69, 9.17) is 5.11 Å². The third-order valence-corrected chi connectivity index (χ3v) is 5.29. The molecule has 1 heterocycles. The van der Waals surface area contributed by atoms with Gasteiger partial charge in [-0.15, -0.1) is 0 Å². The van der Waals surface area contributed by atoms with E-state index < -0.39 is 32.9 Å². The van der Waals surface area contributed by atoms with Crippen LogP contribution in [0.2, 0.25) is 0 Å². The summed E-state index contributed by atoms with van der Waals surface area (Å²) in [7, 11) is -3.50. The predicted octanol–water partition coefficient (Wildman–Crippen LogP) is 2.51. The van der Waals surface area contributed by atoms with Crippen LogP contribution in [0.25, 0.3) is 0 Å². The third-order valence-electron chi connectivity index (χ3n) is 4.68. The van der Waals surface area contributed by atoms with Gasteiger partial charge in [-0.1, -0.05) is 24.3 Å². The minimum Gasteiger partial charge on any atom is -0.481 e. The van der Waals surface area contributed by atoms with Crippen molar-refractivity contribution in [3.05, 3.63) is 69.8 Å². The number of amides is 1. The normalized spacial score (nSPS) is 15.8. The molecule has 2 aromatic rings. The molecule has 1 atom stereocenters. The standard InChI is InChI=1S/C20H20N4O7S/c1-32(30,31)22-15-6-2-4-13(10-15)17-12-18(14-5-3-7-16(11-14)24(28)29)23(21-17)19(25)8-9-20(26)27/h2-7,10-11,18,22H,8-9,12H2,1H3,(H,26,27)/t18-/m1/s1. The number of hydrogen-bond donors (Lipinski definition) is 2. The maximum absolute atomic E-state index is 12.7. The zero-order chi connectivity index (χ0) is 23.5. The summed E-state index contributed by atoms with van der Waals surface area (Å²) in [6.45, 7) is 0. The quantitative estimate of drug-likeness (QED) is 0.452. The van der Waals surface area contributed by atoms with Gasteiger partial charge in [0.1, 0.15) is 0 Å². The lowest BCUT2D eigenvalue weighted by Gasteiger charge is -2.21. The first-order valence-corrected chi connectivity index (χ1v) is 11.4. The molecule has 168 valence electrons. The Labute approximate surface area is 183 Å². The summed E-state index contributed by atoms with van der Waals surface area (Å²) in [5, 5.41) is 25.6. The largest absolute Gasteiger partial charge is 0.481 e. The van der Waals surface area contributed by atoms with Crippen molar-refractivity contribution in [2.24, 2.45) is 5.10 Å². The lowest BCUT2D eigenvalue weighted by molar-refractivity contribution is -0.385. The molecular formula is C20H20N4O7S. The molecule has 11 nitrogen and oxygen atoms in total. The number of carbonyl (C=O) groups excluding carboxylic acids is 1. The molecule has 0 spiro atoms. The lowest BCUT2D eigenvalue weighted by atomic mass is 9.97. The molecule has 0 radical (unpaired) electrons. The first kappa shape index (κ1) is 22.9. The number of carboxylic acid groups (broad SMARTS) is 1. The van der Waals surface area contributed by atoms with Crippen molar-refractivity contribution in [2.75, 3.05) is 11.0 Å². The molecule has 2 aromatic carbocycles. The monoisotopic (exact) mass is 460 g/mol. The molecule has 32 heavy (non-hydrogen) atoms. The number of aliphatic carboxylic acids is 1. The number of hydrogen-bond acceptors (Lipinski definition) is 7.